The zero-order chi connectivity index (χ0) is 17.2. The molecular weight excluding hydrogens is 340 g/mol. The number of thioether (sulfide) groups is 1. The van der Waals surface area contributed by atoms with E-state index in [1.807, 2.05) is 36.4 Å². The van der Waals surface area contributed by atoms with Crippen molar-refractivity contribution in [1.82, 2.24) is 10.2 Å². The molecule has 7 heteroatoms. The van der Waals surface area contributed by atoms with Gasteiger partial charge in [0.1, 0.15) is 5.78 Å². The summed E-state index contributed by atoms with van der Waals surface area (Å²) in [7, 11) is 0. The highest BCUT2D eigenvalue weighted by Crippen LogP contribution is 2.38. The van der Waals surface area contributed by atoms with E-state index in [1.54, 1.807) is 19.1 Å². The Labute approximate surface area is 148 Å². The third-order valence-electron chi connectivity index (χ3n) is 3.72. The van der Waals surface area contributed by atoms with Crippen molar-refractivity contribution in [2.75, 3.05) is 6.79 Å². The molecule has 1 atom stereocenters. The highest BCUT2D eigenvalue weighted by molar-refractivity contribution is 8.00. The molecule has 0 saturated heterocycles. The maximum Gasteiger partial charge on any atom is 0.277 e. The number of hydrogen-bond donors (Lipinski definition) is 0. The summed E-state index contributed by atoms with van der Waals surface area (Å²) in [6.07, 6.45) is 0. The van der Waals surface area contributed by atoms with Crippen LogP contribution in [0.4, 0.5) is 0 Å². The topological polar surface area (TPSA) is 74.5 Å². The maximum absolute atomic E-state index is 12.0. The first-order chi connectivity index (χ1) is 12.2. The van der Waals surface area contributed by atoms with Crippen LogP contribution in [0.1, 0.15) is 17.7 Å². The van der Waals surface area contributed by atoms with Crippen LogP contribution in [0.5, 0.6) is 11.5 Å². The fourth-order valence-electron chi connectivity index (χ4n) is 2.52. The van der Waals surface area contributed by atoms with Crippen molar-refractivity contribution in [3.63, 3.8) is 0 Å². The van der Waals surface area contributed by atoms with Gasteiger partial charge < -0.3 is 13.9 Å². The predicted octanol–water partition coefficient (Wildman–Crippen LogP) is 3.89. The molecule has 6 nitrogen and oxygen atoms in total. The molecule has 0 saturated carbocycles. The average molecular weight is 354 g/mol. The highest BCUT2D eigenvalue weighted by atomic mass is 32.2. The van der Waals surface area contributed by atoms with Gasteiger partial charge in [-0.3, -0.25) is 4.79 Å². The summed E-state index contributed by atoms with van der Waals surface area (Å²) in [5.41, 5.74) is 1.64. The quantitative estimate of drug-likeness (QED) is 0.644. The van der Waals surface area contributed by atoms with Crippen molar-refractivity contribution in [2.45, 2.75) is 17.4 Å². The van der Waals surface area contributed by atoms with Crippen LogP contribution in [0.25, 0.3) is 11.5 Å². The molecule has 0 N–H and O–H groups in total. The fourth-order valence-corrected chi connectivity index (χ4v) is 3.39. The molecule has 25 heavy (non-hydrogen) atoms. The number of carbonyl (C=O) groups excluding carboxylic acids is 1. The lowest BCUT2D eigenvalue weighted by atomic mass is 10.1. The summed E-state index contributed by atoms with van der Waals surface area (Å²) in [6.45, 7) is 1.76. The lowest BCUT2D eigenvalue weighted by Crippen LogP contribution is -2.04. The van der Waals surface area contributed by atoms with Crippen molar-refractivity contribution in [3.8, 4) is 23.0 Å². The van der Waals surface area contributed by atoms with E-state index in [1.165, 1.54) is 11.8 Å². The first kappa shape index (κ1) is 15.7. The number of fused-ring (bicyclic) bond motifs is 1. The van der Waals surface area contributed by atoms with Gasteiger partial charge in [0, 0.05) is 5.56 Å². The summed E-state index contributed by atoms with van der Waals surface area (Å²) in [6, 6.07) is 15.0. The minimum Gasteiger partial charge on any atom is -0.454 e. The molecule has 1 aliphatic rings. The van der Waals surface area contributed by atoms with Crippen LogP contribution in [-0.2, 0) is 4.79 Å². The van der Waals surface area contributed by atoms with E-state index in [4.69, 9.17) is 13.9 Å². The molecular formula is C18H14N2O4S. The predicted molar refractivity (Wildman–Crippen MR) is 91.6 cm³/mol. The van der Waals surface area contributed by atoms with Gasteiger partial charge in [-0.1, -0.05) is 30.3 Å². The number of carbonyl (C=O) groups is 1. The van der Waals surface area contributed by atoms with Crippen LogP contribution in [0, 0.1) is 0 Å². The van der Waals surface area contributed by atoms with Crippen LogP contribution >= 0.6 is 11.8 Å². The monoisotopic (exact) mass is 354 g/mol. The average Bonchev–Trinajstić information content (AvgIpc) is 3.28. The van der Waals surface area contributed by atoms with Gasteiger partial charge in [-0.2, -0.15) is 0 Å². The molecule has 0 fully saturated rings. The second kappa shape index (κ2) is 6.60. The summed E-state index contributed by atoms with van der Waals surface area (Å²) in [5, 5.41) is 8.09. The van der Waals surface area contributed by atoms with E-state index >= 15 is 0 Å². The second-order valence-electron chi connectivity index (χ2n) is 5.46. The number of ketones is 1. The molecule has 0 spiro atoms. The standard InChI is InChI=1S/C18H14N2O4S/c1-11(21)16(12-5-3-2-4-6-12)25-18-20-19-17(24-18)13-7-8-14-15(9-13)23-10-22-14/h2-9,16H,10H2,1H3. The van der Waals surface area contributed by atoms with Gasteiger partial charge in [-0.25, -0.2) is 0 Å². The molecule has 0 aliphatic carbocycles. The smallest absolute Gasteiger partial charge is 0.277 e. The van der Waals surface area contributed by atoms with Crippen LogP contribution in [0.2, 0.25) is 0 Å². The first-order valence-electron chi connectivity index (χ1n) is 7.66. The minimum atomic E-state index is -0.383. The number of ether oxygens (including phenoxy) is 2. The third-order valence-corrected chi connectivity index (χ3v) is 4.92. The van der Waals surface area contributed by atoms with Gasteiger partial charge in [0.15, 0.2) is 11.5 Å². The van der Waals surface area contributed by atoms with Gasteiger partial charge in [0.2, 0.25) is 12.7 Å². The van der Waals surface area contributed by atoms with Crippen LogP contribution in [0.3, 0.4) is 0 Å². The Bertz CT molecular complexity index is 910. The number of Topliss-reactive ketones (excluding diaryl/α,β-unsaturated/α-hetero) is 1. The first-order valence-corrected chi connectivity index (χ1v) is 8.54. The molecule has 0 radical (unpaired) electrons. The number of benzene rings is 2. The molecule has 126 valence electrons. The van der Waals surface area contributed by atoms with Gasteiger partial charge in [0.25, 0.3) is 5.22 Å². The number of nitrogens with zero attached hydrogens (tertiary/aromatic N) is 2. The Morgan fingerprint density at radius 2 is 1.88 bits per heavy atom. The summed E-state index contributed by atoms with van der Waals surface area (Å²) in [5.74, 6) is 1.74. The molecule has 2 aromatic carbocycles. The zero-order valence-electron chi connectivity index (χ0n) is 13.3. The van der Waals surface area contributed by atoms with Crippen molar-refractivity contribution in [1.29, 1.82) is 0 Å². The Morgan fingerprint density at radius 1 is 1.08 bits per heavy atom. The molecule has 4 rings (SSSR count). The van der Waals surface area contributed by atoms with Gasteiger partial charge in [-0.05, 0) is 42.4 Å². The fraction of sp³-hybridized carbons (Fsp3) is 0.167. The van der Waals surface area contributed by atoms with Crippen LogP contribution in [0.15, 0.2) is 58.2 Å². The van der Waals surface area contributed by atoms with Crippen molar-refractivity contribution in [2.24, 2.45) is 0 Å². The van der Waals surface area contributed by atoms with E-state index in [-0.39, 0.29) is 17.8 Å². The highest BCUT2D eigenvalue weighted by Gasteiger charge is 2.22. The largest absolute Gasteiger partial charge is 0.454 e. The Balaban J connectivity index is 1.57. The lowest BCUT2D eigenvalue weighted by molar-refractivity contribution is -0.116. The van der Waals surface area contributed by atoms with Gasteiger partial charge in [0.05, 0.1) is 5.25 Å². The molecule has 2 heterocycles. The van der Waals surface area contributed by atoms with Crippen molar-refractivity contribution < 1.29 is 18.7 Å². The van der Waals surface area contributed by atoms with E-state index in [0.29, 0.717) is 22.6 Å². The van der Waals surface area contributed by atoms with E-state index in [2.05, 4.69) is 10.2 Å². The van der Waals surface area contributed by atoms with Crippen LogP contribution in [-0.4, -0.2) is 22.8 Å². The summed E-state index contributed by atoms with van der Waals surface area (Å²) in [4.78, 5) is 12.0. The number of hydrogen-bond acceptors (Lipinski definition) is 7. The molecule has 1 unspecified atom stereocenters. The van der Waals surface area contributed by atoms with Crippen molar-refractivity contribution >= 4 is 17.5 Å². The normalized spacial score (nSPS) is 13.6. The van der Waals surface area contributed by atoms with E-state index in [9.17, 15) is 4.79 Å². The SMILES string of the molecule is CC(=O)C(Sc1nnc(-c2ccc3c(c2)OCO3)o1)c1ccccc1. The lowest BCUT2D eigenvalue weighted by Gasteiger charge is -2.10. The second-order valence-corrected chi connectivity index (χ2v) is 6.52. The number of rotatable bonds is 5. The minimum absolute atomic E-state index is 0.0269. The molecule has 0 amide bonds. The third kappa shape index (κ3) is 3.23. The molecule has 1 aromatic heterocycles. The van der Waals surface area contributed by atoms with Gasteiger partial charge >= 0.3 is 0 Å². The van der Waals surface area contributed by atoms with Gasteiger partial charge in [-0.15, -0.1) is 10.2 Å². The molecule has 0 bridgehead atoms. The maximum atomic E-state index is 12.0. The summed E-state index contributed by atoms with van der Waals surface area (Å²) < 4.78 is 16.4. The molecule has 3 aromatic rings. The Morgan fingerprint density at radius 3 is 2.68 bits per heavy atom. The molecule has 1 aliphatic heterocycles. The zero-order valence-corrected chi connectivity index (χ0v) is 14.2. The summed E-state index contributed by atoms with van der Waals surface area (Å²) >= 11 is 1.25. The Hall–Kier alpha value is -2.80. The van der Waals surface area contributed by atoms with E-state index < -0.39 is 0 Å². The van der Waals surface area contributed by atoms with Crippen LogP contribution < -0.4 is 9.47 Å². The van der Waals surface area contributed by atoms with E-state index in [0.717, 1.165) is 11.1 Å². The number of aromatic nitrogens is 2. The Kier molecular flexibility index (Phi) is 4.15. The van der Waals surface area contributed by atoms with Crippen molar-refractivity contribution in [3.05, 3.63) is 54.1 Å².